The van der Waals surface area contributed by atoms with Crippen molar-refractivity contribution in [3.05, 3.63) is 75.3 Å². The Balaban J connectivity index is 0.000000541. The number of carbonyl (C=O) groups excluding carboxylic acids is 1. The summed E-state index contributed by atoms with van der Waals surface area (Å²) >= 11 is 0. The van der Waals surface area contributed by atoms with Crippen molar-refractivity contribution in [3.8, 4) is 0 Å². The first-order chi connectivity index (χ1) is 10.3. The highest BCUT2D eigenvalue weighted by atomic mass is 16.6. The number of benzene rings is 2. The zero-order chi connectivity index (χ0) is 16.7. The number of rotatable bonds is 3. The molecule has 7 heteroatoms. The first kappa shape index (κ1) is 16.8. The van der Waals surface area contributed by atoms with Crippen molar-refractivity contribution in [1.29, 1.82) is 0 Å². The number of primary amides is 1. The third kappa shape index (κ3) is 4.71. The maximum Gasteiger partial charge on any atom is 0.402 e. The van der Waals surface area contributed by atoms with E-state index >= 15 is 0 Å². The van der Waals surface area contributed by atoms with Gasteiger partial charge in [-0.25, -0.2) is 4.79 Å². The quantitative estimate of drug-likeness (QED) is 0.512. The summed E-state index contributed by atoms with van der Waals surface area (Å²) in [4.78, 5) is 31.1. The van der Waals surface area contributed by atoms with Gasteiger partial charge in [-0.15, -0.1) is 0 Å². The van der Waals surface area contributed by atoms with Crippen molar-refractivity contribution >= 4 is 17.6 Å². The lowest BCUT2D eigenvalue weighted by molar-refractivity contribution is -0.385. The van der Waals surface area contributed by atoms with Gasteiger partial charge in [0.25, 0.3) is 5.69 Å². The van der Waals surface area contributed by atoms with E-state index in [4.69, 9.17) is 9.90 Å². The Morgan fingerprint density at radius 1 is 1.09 bits per heavy atom. The number of carboxylic acid groups (broad SMARTS) is 1. The van der Waals surface area contributed by atoms with E-state index in [1.807, 2.05) is 6.07 Å². The Bertz CT molecular complexity index is 694. The first-order valence-electron chi connectivity index (χ1n) is 6.16. The molecular weight excluding hydrogens is 288 g/mol. The molecule has 0 aliphatic carbocycles. The van der Waals surface area contributed by atoms with Crippen LogP contribution in [0.5, 0.6) is 0 Å². The van der Waals surface area contributed by atoms with Crippen LogP contribution in [0.1, 0.15) is 21.5 Å². The topological polar surface area (TPSA) is 124 Å². The van der Waals surface area contributed by atoms with E-state index in [9.17, 15) is 14.9 Å². The van der Waals surface area contributed by atoms with Gasteiger partial charge in [-0.05, 0) is 19.1 Å². The van der Waals surface area contributed by atoms with Gasteiger partial charge in [0.2, 0.25) is 0 Å². The summed E-state index contributed by atoms with van der Waals surface area (Å²) in [6.45, 7) is 1.62. The van der Waals surface area contributed by atoms with Gasteiger partial charge in [-0.1, -0.05) is 30.3 Å². The normalized spacial score (nSPS) is 9.32. The van der Waals surface area contributed by atoms with Gasteiger partial charge in [0.15, 0.2) is 5.78 Å². The van der Waals surface area contributed by atoms with Crippen LogP contribution in [0.3, 0.4) is 0 Å². The van der Waals surface area contributed by atoms with Gasteiger partial charge in [0, 0.05) is 22.8 Å². The molecule has 0 radical (unpaired) electrons. The molecule has 0 aromatic heterocycles. The summed E-state index contributed by atoms with van der Waals surface area (Å²) in [5.41, 5.74) is 5.58. The van der Waals surface area contributed by atoms with Gasteiger partial charge in [0.05, 0.1) is 4.92 Å². The van der Waals surface area contributed by atoms with Gasteiger partial charge in [-0.3, -0.25) is 14.9 Å². The van der Waals surface area contributed by atoms with Crippen LogP contribution in [-0.4, -0.2) is 21.9 Å². The van der Waals surface area contributed by atoms with Crippen molar-refractivity contribution in [2.24, 2.45) is 5.73 Å². The standard InChI is InChI=1S/C14H11NO3.CH3NO2/c1-10-9-12(7-8-13(10)15(17)18)14(16)11-5-3-2-4-6-11;2-1(3)4/h2-9H,1H3;2H2,(H,3,4). The summed E-state index contributed by atoms with van der Waals surface area (Å²) in [7, 11) is 0. The molecule has 0 saturated carbocycles. The first-order valence-corrected chi connectivity index (χ1v) is 6.16. The number of hydrogen-bond donors (Lipinski definition) is 2. The average Bonchev–Trinajstić information content (AvgIpc) is 2.46. The maximum absolute atomic E-state index is 12.1. The van der Waals surface area contributed by atoms with E-state index in [0.29, 0.717) is 16.7 Å². The van der Waals surface area contributed by atoms with E-state index in [1.54, 1.807) is 37.3 Å². The largest absolute Gasteiger partial charge is 0.465 e. The number of hydrogen-bond acceptors (Lipinski definition) is 4. The fourth-order valence-corrected chi connectivity index (χ4v) is 1.76. The molecule has 0 heterocycles. The van der Waals surface area contributed by atoms with E-state index in [1.165, 1.54) is 12.1 Å². The molecule has 22 heavy (non-hydrogen) atoms. The summed E-state index contributed by atoms with van der Waals surface area (Å²) in [5, 5.41) is 17.9. The van der Waals surface area contributed by atoms with Gasteiger partial charge in [0.1, 0.15) is 0 Å². The summed E-state index contributed by atoms with van der Waals surface area (Å²) in [6, 6.07) is 13.2. The molecule has 2 aromatic carbocycles. The van der Waals surface area contributed by atoms with Crippen molar-refractivity contribution in [2.75, 3.05) is 0 Å². The van der Waals surface area contributed by atoms with Gasteiger partial charge >= 0.3 is 6.09 Å². The minimum atomic E-state index is -1.33. The van der Waals surface area contributed by atoms with Crippen LogP contribution < -0.4 is 5.73 Å². The highest BCUT2D eigenvalue weighted by molar-refractivity contribution is 6.09. The molecule has 3 N–H and O–H groups in total. The summed E-state index contributed by atoms with van der Waals surface area (Å²) in [5.74, 6) is -0.131. The second-order valence-corrected chi connectivity index (χ2v) is 4.29. The second kappa shape index (κ2) is 7.53. The molecular formula is C15H14N2O5. The number of aryl methyl sites for hydroxylation is 1. The maximum atomic E-state index is 12.1. The van der Waals surface area contributed by atoms with E-state index in [-0.39, 0.29) is 11.5 Å². The highest BCUT2D eigenvalue weighted by Crippen LogP contribution is 2.20. The predicted octanol–water partition coefficient (Wildman–Crippen LogP) is 2.76. The molecule has 0 bridgehead atoms. The molecule has 0 saturated heterocycles. The van der Waals surface area contributed by atoms with Crippen LogP contribution in [0, 0.1) is 17.0 Å². The summed E-state index contributed by atoms with van der Waals surface area (Å²) in [6.07, 6.45) is -1.33. The Kier molecular flexibility index (Phi) is 5.76. The number of nitrogens with zero attached hydrogens (tertiary/aromatic N) is 1. The second-order valence-electron chi connectivity index (χ2n) is 4.29. The lowest BCUT2D eigenvalue weighted by Gasteiger charge is -2.03. The number of ketones is 1. The number of amides is 1. The third-order valence-corrected chi connectivity index (χ3v) is 2.69. The van der Waals surface area contributed by atoms with Crippen LogP contribution in [0.2, 0.25) is 0 Å². The monoisotopic (exact) mass is 302 g/mol. The Morgan fingerprint density at radius 3 is 2.09 bits per heavy atom. The average molecular weight is 302 g/mol. The molecule has 2 rings (SSSR count). The van der Waals surface area contributed by atoms with E-state index in [2.05, 4.69) is 5.73 Å². The van der Waals surface area contributed by atoms with Crippen LogP contribution in [0.15, 0.2) is 48.5 Å². The van der Waals surface area contributed by atoms with Crippen LogP contribution in [0.25, 0.3) is 0 Å². The smallest absolute Gasteiger partial charge is 0.402 e. The lowest BCUT2D eigenvalue weighted by atomic mass is 10.0. The third-order valence-electron chi connectivity index (χ3n) is 2.69. The molecule has 0 unspecified atom stereocenters. The fourth-order valence-electron chi connectivity index (χ4n) is 1.76. The molecule has 7 nitrogen and oxygen atoms in total. The molecule has 114 valence electrons. The number of nitro benzene ring substituents is 1. The van der Waals surface area contributed by atoms with Crippen LogP contribution in [0.4, 0.5) is 10.5 Å². The van der Waals surface area contributed by atoms with Crippen molar-refractivity contribution < 1.29 is 19.6 Å². The zero-order valence-corrected chi connectivity index (χ0v) is 11.7. The van der Waals surface area contributed by atoms with E-state index < -0.39 is 11.0 Å². The molecule has 0 atom stereocenters. The predicted molar refractivity (Wildman–Crippen MR) is 79.9 cm³/mol. The molecule has 0 aliphatic rings. The minimum Gasteiger partial charge on any atom is -0.465 e. The Labute approximate surface area is 126 Å². The molecule has 0 spiro atoms. The fraction of sp³-hybridized carbons (Fsp3) is 0.0667. The number of carbonyl (C=O) groups is 2. The minimum absolute atomic E-state index is 0.0274. The zero-order valence-electron chi connectivity index (χ0n) is 11.7. The van der Waals surface area contributed by atoms with E-state index in [0.717, 1.165) is 0 Å². The molecule has 0 fully saturated rings. The molecule has 0 aliphatic heterocycles. The van der Waals surface area contributed by atoms with Crippen molar-refractivity contribution in [1.82, 2.24) is 0 Å². The van der Waals surface area contributed by atoms with Crippen molar-refractivity contribution in [2.45, 2.75) is 6.92 Å². The van der Waals surface area contributed by atoms with Crippen LogP contribution >= 0.6 is 0 Å². The Hall–Kier alpha value is -3.22. The Morgan fingerprint density at radius 2 is 1.64 bits per heavy atom. The number of nitro groups is 1. The highest BCUT2D eigenvalue weighted by Gasteiger charge is 2.14. The van der Waals surface area contributed by atoms with Crippen molar-refractivity contribution in [3.63, 3.8) is 0 Å². The number of nitrogens with two attached hydrogens (primary N) is 1. The van der Waals surface area contributed by atoms with Crippen LogP contribution in [-0.2, 0) is 0 Å². The molecule has 1 amide bonds. The van der Waals surface area contributed by atoms with Gasteiger partial charge < -0.3 is 10.8 Å². The molecule has 2 aromatic rings. The summed E-state index contributed by atoms with van der Waals surface area (Å²) < 4.78 is 0. The lowest BCUT2D eigenvalue weighted by Crippen LogP contribution is -2.03. The SMILES string of the molecule is Cc1cc(C(=O)c2ccccc2)ccc1[N+](=O)[O-].NC(=O)O. The van der Waals surface area contributed by atoms with Gasteiger partial charge in [-0.2, -0.15) is 0 Å².